The predicted molar refractivity (Wildman–Crippen MR) is 105 cm³/mol. The molecule has 1 heterocycles. The van der Waals surface area contributed by atoms with E-state index in [-0.39, 0.29) is 11.8 Å². The highest BCUT2D eigenvalue weighted by Crippen LogP contribution is 2.38. The zero-order valence-corrected chi connectivity index (χ0v) is 15.3. The lowest BCUT2D eigenvalue weighted by atomic mass is 10.1. The van der Waals surface area contributed by atoms with E-state index in [1.54, 1.807) is 31.2 Å². The molecule has 0 bridgehead atoms. The summed E-state index contributed by atoms with van der Waals surface area (Å²) in [5.74, 6) is -0.495. The van der Waals surface area contributed by atoms with E-state index in [2.05, 4.69) is 5.32 Å². The summed E-state index contributed by atoms with van der Waals surface area (Å²) < 4.78 is 0. The molecular formula is C20H14Cl2N2O2. The summed E-state index contributed by atoms with van der Waals surface area (Å²) in [6, 6.07) is 15.4. The molecule has 130 valence electrons. The molecule has 26 heavy (non-hydrogen) atoms. The molecule has 0 aliphatic carbocycles. The average molecular weight is 385 g/mol. The first-order valence-corrected chi connectivity index (χ1v) is 8.83. The van der Waals surface area contributed by atoms with Crippen LogP contribution >= 0.6 is 23.2 Å². The summed E-state index contributed by atoms with van der Waals surface area (Å²) in [4.78, 5) is 27.2. The third-order valence-corrected chi connectivity index (χ3v) is 4.92. The van der Waals surface area contributed by atoms with Gasteiger partial charge in [0.25, 0.3) is 5.91 Å². The fourth-order valence-corrected chi connectivity index (χ4v) is 3.84. The van der Waals surface area contributed by atoms with Crippen molar-refractivity contribution in [1.29, 1.82) is 0 Å². The molecule has 3 aromatic rings. The van der Waals surface area contributed by atoms with Crippen molar-refractivity contribution >= 4 is 57.2 Å². The molecule has 1 aliphatic rings. The Balaban J connectivity index is 1.67. The zero-order valence-electron chi connectivity index (χ0n) is 13.8. The van der Waals surface area contributed by atoms with Crippen LogP contribution < -0.4 is 10.2 Å². The van der Waals surface area contributed by atoms with Crippen molar-refractivity contribution in [2.24, 2.45) is 0 Å². The van der Waals surface area contributed by atoms with Gasteiger partial charge in [-0.05, 0) is 42.6 Å². The maximum absolute atomic E-state index is 12.9. The highest BCUT2D eigenvalue weighted by molar-refractivity contribution is 6.35. The topological polar surface area (TPSA) is 49.4 Å². The first-order chi connectivity index (χ1) is 12.5. The SMILES string of the molecule is C[C@H](C(=O)Nc1cc(Cl)cc(Cl)c1)N1C(=O)c2cccc3cccc1c23. The molecule has 0 aromatic heterocycles. The molecule has 3 aromatic carbocycles. The molecule has 4 rings (SSSR count). The Labute approximate surface area is 160 Å². The van der Waals surface area contributed by atoms with Crippen molar-refractivity contribution in [3.63, 3.8) is 0 Å². The van der Waals surface area contributed by atoms with E-state index in [1.807, 2.05) is 30.3 Å². The number of nitrogens with zero attached hydrogens (tertiary/aromatic N) is 1. The molecule has 1 atom stereocenters. The van der Waals surface area contributed by atoms with Crippen LogP contribution in [0.4, 0.5) is 11.4 Å². The van der Waals surface area contributed by atoms with Gasteiger partial charge in [-0.25, -0.2) is 0 Å². The monoisotopic (exact) mass is 384 g/mol. The van der Waals surface area contributed by atoms with Crippen molar-refractivity contribution in [2.75, 3.05) is 10.2 Å². The minimum absolute atomic E-state index is 0.177. The molecule has 0 unspecified atom stereocenters. The van der Waals surface area contributed by atoms with Crippen LogP contribution in [-0.4, -0.2) is 17.9 Å². The highest BCUT2D eigenvalue weighted by atomic mass is 35.5. The Hall–Kier alpha value is -2.56. The van der Waals surface area contributed by atoms with Crippen molar-refractivity contribution in [1.82, 2.24) is 0 Å². The molecule has 2 amide bonds. The standard InChI is InChI=1S/C20H14Cl2N2O2/c1-11(19(25)23-15-9-13(21)8-14(22)10-15)24-17-7-3-5-12-4-2-6-16(18(12)17)20(24)26/h2-11H,1H3,(H,23,25)/t11-/m1/s1. The molecule has 1 aliphatic heterocycles. The third kappa shape index (κ3) is 2.71. The molecule has 0 spiro atoms. The quantitative estimate of drug-likeness (QED) is 0.679. The van der Waals surface area contributed by atoms with Gasteiger partial charge in [0.05, 0.1) is 5.69 Å². The van der Waals surface area contributed by atoms with Crippen LogP contribution in [0, 0.1) is 0 Å². The number of benzene rings is 3. The largest absolute Gasteiger partial charge is 0.324 e. The molecule has 0 saturated heterocycles. The van der Waals surface area contributed by atoms with E-state index in [0.29, 0.717) is 21.3 Å². The van der Waals surface area contributed by atoms with E-state index >= 15 is 0 Å². The maximum Gasteiger partial charge on any atom is 0.259 e. The number of hydrogen-bond acceptors (Lipinski definition) is 2. The first-order valence-electron chi connectivity index (χ1n) is 8.08. The van der Waals surface area contributed by atoms with Gasteiger partial charge < -0.3 is 5.32 Å². The van der Waals surface area contributed by atoms with Crippen molar-refractivity contribution < 1.29 is 9.59 Å². The van der Waals surface area contributed by atoms with E-state index in [1.165, 1.54) is 4.90 Å². The summed E-state index contributed by atoms with van der Waals surface area (Å²) in [6.07, 6.45) is 0. The number of rotatable bonds is 3. The Morgan fingerprint density at radius 2 is 1.69 bits per heavy atom. The van der Waals surface area contributed by atoms with Gasteiger partial charge in [0, 0.05) is 26.7 Å². The summed E-state index contributed by atoms with van der Waals surface area (Å²) >= 11 is 12.0. The maximum atomic E-state index is 12.9. The minimum atomic E-state index is -0.696. The fraction of sp³-hybridized carbons (Fsp3) is 0.100. The summed E-state index contributed by atoms with van der Waals surface area (Å²) in [7, 11) is 0. The second-order valence-corrected chi connectivity index (χ2v) is 7.05. The van der Waals surface area contributed by atoms with Gasteiger partial charge in [0.2, 0.25) is 5.91 Å². The number of carbonyl (C=O) groups is 2. The first kappa shape index (κ1) is 16.9. The molecule has 1 N–H and O–H groups in total. The lowest BCUT2D eigenvalue weighted by Gasteiger charge is -2.24. The summed E-state index contributed by atoms with van der Waals surface area (Å²) in [5, 5.41) is 5.49. The van der Waals surface area contributed by atoms with Gasteiger partial charge in [-0.15, -0.1) is 0 Å². The Morgan fingerprint density at radius 3 is 2.38 bits per heavy atom. The van der Waals surface area contributed by atoms with Crippen molar-refractivity contribution in [3.05, 3.63) is 70.2 Å². The average Bonchev–Trinajstić information content (AvgIpc) is 2.88. The van der Waals surface area contributed by atoms with E-state index in [4.69, 9.17) is 23.2 Å². The van der Waals surface area contributed by atoms with Gasteiger partial charge in [0.15, 0.2) is 0 Å². The number of hydrogen-bond donors (Lipinski definition) is 1. The van der Waals surface area contributed by atoms with Crippen LogP contribution in [-0.2, 0) is 4.79 Å². The van der Waals surface area contributed by atoms with E-state index in [9.17, 15) is 9.59 Å². The minimum Gasteiger partial charge on any atom is -0.324 e. The van der Waals surface area contributed by atoms with Crippen LogP contribution in [0.5, 0.6) is 0 Å². The number of halogens is 2. The lowest BCUT2D eigenvalue weighted by Crippen LogP contribution is -2.44. The fourth-order valence-electron chi connectivity index (χ4n) is 3.31. The number of carbonyl (C=O) groups excluding carboxylic acids is 2. The van der Waals surface area contributed by atoms with Gasteiger partial charge in [0.1, 0.15) is 6.04 Å². The smallest absolute Gasteiger partial charge is 0.259 e. The third-order valence-electron chi connectivity index (χ3n) is 4.49. The van der Waals surface area contributed by atoms with Crippen LogP contribution in [0.15, 0.2) is 54.6 Å². The van der Waals surface area contributed by atoms with Gasteiger partial charge >= 0.3 is 0 Å². The number of amides is 2. The van der Waals surface area contributed by atoms with E-state index in [0.717, 1.165) is 16.5 Å². The van der Waals surface area contributed by atoms with Crippen LogP contribution in [0.1, 0.15) is 17.3 Å². The van der Waals surface area contributed by atoms with Gasteiger partial charge in [-0.2, -0.15) is 0 Å². The van der Waals surface area contributed by atoms with Crippen molar-refractivity contribution in [3.8, 4) is 0 Å². The molecule has 0 saturated carbocycles. The second-order valence-electron chi connectivity index (χ2n) is 6.18. The highest BCUT2D eigenvalue weighted by Gasteiger charge is 2.35. The number of nitrogens with one attached hydrogen (secondary N) is 1. The van der Waals surface area contributed by atoms with Gasteiger partial charge in [-0.3, -0.25) is 14.5 Å². The summed E-state index contributed by atoms with van der Waals surface area (Å²) in [5.41, 5.74) is 1.85. The van der Waals surface area contributed by atoms with Crippen molar-refractivity contribution in [2.45, 2.75) is 13.0 Å². The molecule has 0 radical (unpaired) electrons. The van der Waals surface area contributed by atoms with Crippen LogP contribution in [0.25, 0.3) is 10.8 Å². The molecule has 6 heteroatoms. The van der Waals surface area contributed by atoms with E-state index < -0.39 is 6.04 Å². The Bertz CT molecular complexity index is 1040. The molecule has 0 fully saturated rings. The lowest BCUT2D eigenvalue weighted by molar-refractivity contribution is -0.117. The summed E-state index contributed by atoms with van der Waals surface area (Å²) in [6.45, 7) is 1.70. The zero-order chi connectivity index (χ0) is 18.4. The van der Waals surface area contributed by atoms with Crippen LogP contribution in [0.3, 0.4) is 0 Å². The predicted octanol–water partition coefficient (Wildman–Crippen LogP) is 5.13. The Kier molecular flexibility index (Phi) is 4.10. The Morgan fingerprint density at radius 1 is 1.04 bits per heavy atom. The van der Waals surface area contributed by atoms with Gasteiger partial charge in [-0.1, -0.05) is 47.5 Å². The molecular weight excluding hydrogens is 371 g/mol. The second kappa shape index (κ2) is 6.31. The normalized spacial score (nSPS) is 14.0. The molecule has 4 nitrogen and oxygen atoms in total. The van der Waals surface area contributed by atoms with Crippen LogP contribution in [0.2, 0.25) is 10.0 Å². The number of anilines is 2.